The summed E-state index contributed by atoms with van der Waals surface area (Å²) in [4.78, 5) is 25.0. The van der Waals surface area contributed by atoms with Gasteiger partial charge in [0.25, 0.3) is 0 Å². The molecule has 3 aromatic rings. The van der Waals surface area contributed by atoms with Gasteiger partial charge in [-0.05, 0) is 49.7 Å². The number of benzene rings is 3. The summed E-state index contributed by atoms with van der Waals surface area (Å²) < 4.78 is 58.7. The molecule has 0 fully saturated rings. The first-order chi connectivity index (χ1) is 19.5. The summed E-state index contributed by atoms with van der Waals surface area (Å²) in [6, 6.07) is 17.1. The molecule has 2 aliphatic rings. The van der Waals surface area contributed by atoms with Crippen LogP contribution in [0.5, 0.6) is 11.5 Å². The Morgan fingerprint density at radius 3 is 2.59 bits per heavy atom. The highest BCUT2D eigenvalue weighted by atomic mass is 19.4. The number of para-hydroxylation sites is 1. The fourth-order valence-corrected chi connectivity index (χ4v) is 5.19. The van der Waals surface area contributed by atoms with E-state index in [1.165, 1.54) is 25.1 Å². The van der Waals surface area contributed by atoms with Gasteiger partial charge in [-0.2, -0.15) is 18.4 Å². The predicted molar refractivity (Wildman–Crippen MR) is 142 cm³/mol. The number of fused-ring (bicyclic) bond motifs is 2. The lowest BCUT2D eigenvalue weighted by Gasteiger charge is -2.29. The topological polar surface area (TPSA) is 101 Å². The van der Waals surface area contributed by atoms with Crippen LogP contribution in [0.1, 0.15) is 61.2 Å². The zero-order valence-electron chi connectivity index (χ0n) is 22.4. The van der Waals surface area contributed by atoms with Gasteiger partial charge in [0, 0.05) is 35.8 Å². The monoisotopic (exact) mass is 565 g/mol. The van der Waals surface area contributed by atoms with Crippen molar-refractivity contribution in [2.24, 2.45) is 0 Å². The van der Waals surface area contributed by atoms with Crippen LogP contribution in [-0.2, 0) is 14.3 Å². The van der Waals surface area contributed by atoms with Gasteiger partial charge in [0.05, 0.1) is 23.4 Å². The van der Waals surface area contributed by atoms with Gasteiger partial charge in [0.1, 0.15) is 24.2 Å². The van der Waals surface area contributed by atoms with Crippen LogP contribution in [0.15, 0.2) is 60.7 Å². The van der Waals surface area contributed by atoms with Crippen LogP contribution in [0.25, 0.3) is 0 Å². The molecule has 0 saturated carbocycles. The average Bonchev–Trinajstić information content (AvgIpc) is 3.49. The molecule has 212 valence electrons. The van der Waals surface area contributed by atoms with Gasteiger partial charge in [-0.25, -0.2) is 0 Å². The number of ether oxygens (including phenoxy) is 3. The van der Waals surface area contributed by atoms with E-state index < -0.39 is 36.3 Å². The Morgan fingerprint density at radius 1 is 1.12 bits per heavy atom. The van der Waals surface area contributed by atoms with Gasteiger partial charge in [-0.3, -0.25) is 14.5 Å². The van der Waals surface area contributed by atoms with E-state index in [0.717, 1.165) is 5.56 Å². The number of amides is 1. The summed E-state index contributed by atoms with van der Waals surface area (Å²) >= 11 is 0. The number of halogens is 3. The van der Waals surface area contributed by atoms with Crippen LogP contribution in [0.3, 0.4) is 0 Å². The molecule has 1 amide bonds. The molecule has 4 atom stereocenters. The molecule has 0 spiro atoms. The van der Waals surface area contributed by atoms with Gasteiger partial charge < -0.3 is 19.5 Å². The maximum Gasteiger partial charge on any atom is 0.471 e. The Balaban J connectivity index is 1.49. The van der Waals surface area contributed by atoms with Crippen LogP contribution in [0.4, 0.5) is 24.5 Å². The molecule has 2 unspecified atom stereocenters. The molecule has 0 saturated heterocycles. The summed E-state index contributed by atoms with van der Waals surface area (Å²) in [6.07, 6.45) is -6.44. The maximum atomic E-state index is 13.9. The van der Waals surface area contributed by atoms with Crippen LogP contribution < -0.4 is 19.7 Å². The van der Waals surface area contributed by atoms with Crippen molar-refractivity contribution in [3.05, 3.63) is 82.9 Å². The molecule has 11 heteroatoms. The number of alkyl halides is 3. The highest BCUT2D eigenvalue weighted by Crippen LogP contribution is 2.47. The van der Waals surface area contributed by atoms with Crippen molar-refractivity contribution in [2.45, 2.75) is 51.2 Å². The average molecular weight is 566 g/mol. The molecule has 3 aromatic carbocycles. The Hall–Kier alpha value is -4.72. The first kappa shape index (κ1) is 27.8. The smallest absolute Gasteiger partial charge is 0.471 e. The fourth-order valence-electron chi connectivity index (χ4n) is 5.19. The van der Waals surface area contributed by atoms with E-state index in [1.54, 1.807) is 43.3 Å². The predicted octanol–water partition coefficient (Wildman–Crippen LogP) is 6.15. The van der Waals surface area contributed by atoms with Gasteiger partial charge in [-0.15, -0.1) is 0 Å². The third kappa shape index (κ3) is 5.37. The first-order valence-corrected chi connectivity index (χ1v) is 12.9. The van der Waals surface area contributed by atoms with Crippen molar-refractivity contribution in [3.8, 4) is 17.6 Å². The number of hydrogen-bond acceptors (Lipinski definition) is 7. The molecular weight excluding hydrogens is 539 g/mol. The molecule has 5 rings (SSSR count). The third-order valence-corrected chi connectivity index (χ3v) is 7.06. The Bertz CT molecular complexity index is 1550. The minimum Gasteiger partial charge on any atom is -0.489 e. The zero-order valence-corrected chi connectivity index (χ0v) is 22.4. The normalized spacial score (nSPS) is 19.6. The minimum atomic E-state index is -5.16. The third-order valence-electron chi connectivity index (χ3n) is 7.06. The van der Waals surface area contributed by atoms with E-state index in [0.29, 0.717) is 33.0 Å². The Kier molecular flexibility index (Phi) is 7.26. The number of nitrogens with zero attached hydrogens (tertiary/aromatic N) is 2. The quantitative estimate of drug-likeness (QED) is 0.358. The van der Waals surface area contributed by atoms with E-state index in [1.807, 2.05) is 13.0 Å². The number of carbonyl (C=O) groups is 2. The van der Waals surface area contributed by atoms with Crippen molar-refractivity contribution in [1.82, 2.24) is 0 Å². The lowest BCUT2D eigenvalue weighted by atomic mass is 10.0. The number of nitrogens with one attached hydrogen (secondary N) is 1. The van der Waals surface area contributed by atoms with Gasteiger partial charge in [0.2, 0.25) is 0 Å². The summed E-state index contributed by atoms with van der Waals surface area (Å²) in [5.74, 6) is -2.01. The number of carbonyl (C=O) groups excluding carboxylic acids is 2. The highest BCUT2D eigenvalue weighted by Gasteiger charge is 2.48. The van der Waals surface area contributed by atoms with E-state index >= 15 is 0 Å². The largest absolute Gasteiger partial charge is 0.489 e. The summed E-state index contributed by atoms with van der Waals surface area (Å²) in [5, 5.41) is 12.5. The summed E-state index contributed by atoms with van der Waals surface area (Å²) in [5.41, 5.74) is 2.74. The molecular formula is C30H26F3N3O5. The van der Waals surface area contributed by atoms with Gasteiger partial charge in [0.15, 0.2) is 6.10 Å². The molecule has 0 bridgehead atoms. The molecule has 8 nitrogen and oxygen atoms in total. The van der Waals surface area contributed by atoms with E-state index in [9.17, 15) is 28.0 Å². The van der Waals surface area contributed by atoms with E-state index in [4.69, 9.17) is 14.2 Å². The van der Waals surface area contributed by atoms with Crippen LogP contribution >= 0.6 is 0 Å². The highest BCUT2D eigenvalue weighted by molar-refractivity contribution is 5.98. The van der Waals surface area contributed by atoms with Crippen molar-refractivity contribution in [3.63, 3.8) is 0 Å². The minimum absolute atomic E-state index is 0.0387. The number of esters is 1. The number of hydrogen-bond donors (Lipinski definition) is 1. The molecule has 1 N–H and O–H groups in total. The second-order valence-corrected chi connectivity index (χ2v) is 9.90. The molecule has 0 aromatic heterocycles. The Labute approximate surface area is 234 Å². The van der Waals surface area contributed by atoms with E-state index in [-0.39, 0.29) is 24.1 Å². The summed E-state index contributed by atoms with van der Waals surface area (Å²) in [6.45, 7) is 4.61. The number of nitriles is 1. The molecule has 2 aliphatic heterocycles. The zero-order chi connectivity index (χ0) is 29.5. The lowest BCUT2D eigenvalue weighted by molar-refractivity contribution is -0.171. The fraction of sp³-hybridized carbons (Fsp3) is 0.300. The second-order valence-electron chi connectivity index (χ2n) is 9.90. The molecule has 0 aliphatic carbocycles. The van der Waals surface area contributed by atoms with Crippen molar-refractivity contribution >= 4 is 23.3 Å². The molecule has 2 heterocycles. The van der Waals surface area contributed by atoms with Crippen LogP contribution in [0, 0.1) is 11.3 Å². The van der Waals surface area contributed by atoms with Crippen molar-refractivity contribution < 1.29 is 37.0 Å². The first-order valence-electron chi connectivity index (χ1n) is 12.9. The van der Waals surface area contributed by atoms with Crippen LogP contribution in [-0.4, -0.2) is 30.8 Å². The maximum absolute atomic E-state index is 13.9. The second kappa shape index (κ2) is 10.7. The molecule has 41 heavy (non-hydrogen) atoms. The lowest BCUT2D eigenvalue weighted by Crippen LogP contribution is -2.44. The van der Waals surface area contributed by atoms with Crippen LogP contribution in [0.2, 0.25) is 0 Å². The van der Waals surface area contributed by atoms with Gasteiger partial charge >= 0.3 is 18.1 Å². The summed E-state index contributed by atoms with van der Waals surface area (Å²) in [7, 11) is 0. The SMILES string of the molecule is CC(=O)O[C@H]1c2ccc(N(C(=O)C(F)(F)F)[C@@H]3COc4c(NC(C)c5cccc(C#N)c5)cccc43)cc2OC1C. The standard InChI is InChI=1S/C30H26F3N3O5/c1-16(20-7-4-6-19(12-20)14-34)35-24-9-5-8-22-25(15-39-28(22)24)36(29(38)30(31,32)33)21-10-11-23-26(13-21)40-17(2)27(23)41-18(3)37/h4-13,16-17,25,27,35H,15H2,1-3H3/t16?,17?,25-,27-/m1/s1. The number of rotatable bonds is 6. The Morgan fingerprint density at radius 2 is 1.88 bits per heavy atom. The van der Waals surface area contributed by atoms with Crippen molar-refractivity contribution in [2.75, 3.05) is 16.8 Å². The molecule has 0 radical (unpaired) electrons. The number of anilines is 2. The van der Waals surface area contributed by atoms with E-state index in [2.05, 4.69) is 11.4 Å². The van der Waals surface area contributed by atoms with Crippen molar-refractivity contribution in [1.29, 1.82) is 5.26 Å². The van der Waals surface area contributed by atoms with Gasteiger partial charge in [-0.1, -0.05) is 24.3 Å².